The van der Waals surface area contributed by atoms with Crippen molar-refractivity contribution in [1.82, 2.24) is 0 Å². The highest BCUT2D eigenvalue weighted by Gasteiger charge is 2.53. The second kappa shape index (κ2) is 5.82. The molecule has 0 aliphatic carbocycles. The van der Waals surface area contributed by atoms with Crippen LogP contribution in [-0.4, -0.2) is 39.3 Å². The zero-order valence-corrected chi connectivity index (χ0v) is 14.5. The molecular weight excluding hydrogens is 320 g/mol. The lowest BCUT2D eigenvalue weighted by Gasteiger charge is -2.23. The van der Waals surface area contributed by atoms with E-state index in [2.05, 4.69) is 0 Å². The van der Waals surface area contributed by atoms with E-state index < -0.39 is 22.2 Å². The topological polar surface area (TPSA) is 71.1 Å². The van der Waals surface area contributed by atoms with Gasteiger partial charge < -0.3 is 14.2 Å². The average molecular weight is 342 g/mol. The number of aryl methyl sites for hydroxylation is 1. The summed E-state index contributed by atoms with van der Waals surface area (Å²) in [6, 6.07) is 6.54. The number of fused-ring (bicyclic) bond motifs is 1. The van der Waals surface area contributed by atoms with Gasteiger partial charge in [0.05, 0.1) is 17.6 Å². The van der Waals surface area contributed by atoms with Gasteiger partial charge in [-0.3, -0.25) is 4.18 Å². The Balaban J connectivity index is 1.62. The Kier molecular flexibility index (Phi) is 4.27. The Morgan fingerprint density at radius 3 is 2.43 bits per heavy atom. The van der Waals surface area contributed by atoms with Crippen molar-refractivity contribution in [1.29, 1.82) is 0 Å². The Hall–Kier alpha value is -0.990. The second-order valence-electron chi connectivity index (χ2n) is 6.55. The second-order valence-corrected chi connectivity index (χ2v) is 8.17. The van der Waals surface area contributed by atoms with Gasteiger partial charge in [0.1, 0.15) is 6.10 Å². The molecule has 7 heteroatoms. The number of rotatable bonds is 4. The van der Waals surface area contributed by atoms with Crippen molar-refractivity contribution in [2.45, 2.75) is 56.9 Å². The lowest BCUT2D eigenvalue weighted by molar-refractivity contribution is -0.211. The van der Waals surface area contributed by atoms with Crippen LogP contribution in [0.3, 0.4) is 0 Å². The summed E-state index contributed by atoms with van der Waals surface area (Å²) >= 11 is 0. The van der Waals surface area contributed by atoms with Gasteiger partial charge in [-0.25, -0.2) is 0 Å². The molecule has 0 spiro atoms. The molecule has 0 bridgehead atoms. The molecule has 1 aromatic carbocycles. The van der Waals surface area contributed by atoms with Crippen LogP contribution in [0.15, 0.2) is 29.2 Å². The number of benzene rings is 1. The van der Waals surface area contributed by atoms with Crippen LogP contribution in [0.2, 0.25) is 0 Å². The van der Waals surface area contributed by atoms with Gasteiger partial charge in [0, 0.05) is 5.92 Å². The van der Waals surface area contributed by atoms with Gasteiger partial charge in [-0.2, -0.15) is 8.42 Å². The first-order chi connectivity index (χ1) is 10.7. The van der Waals surface area contributed by atoms with Crippen molar-refractivity contribution in [2.24, 2.45) is 5.92 Å². The van der Waals surface area contributed by atoms with Crippen LogP contribution < -0.4 is 0 Å². The molecule has 4 atom stereocenters. The molecule has 128 valence electrons. The summed E-state index contributed by atoms with van der Waals surface area (Å²) in [6.45, 7) is 7.44. The fourth-order valence-electron chi connectivity index (χ4n) is 2.85. The summed E-state index contributed by atoms with van der Waals surface area (Å²) in [5, 5.41) is 0. The van der Waals surface area contributed by atoms with Crippen LogP contribution in [0.1, 0.15) is 26.3 Å². The highest BCUT2D eigenvalue weighted by atomic mass is 32.2. The maximum absolute atomic E-state index is 12.2. The van der Waals surface area contributed by atoms with Crippen molar-refractivity contribution in [3.63, 3.8) is 0 Å². The minimum Gasteiger partial charge on any atom is -0.344 e. The Morgan fingerprint density at radius 1 is 1.17 bits per heavy atom. The molecule has 3 rings (SSSR count). The average Bonchev–Trinajstić information content (AvgIpc) is 2.91. The number of hydrogen-bond donors (Lipinski definition) is 0. The van der Waals surface area contributed by atoms with Crippen LogP contribution in [0.25, 0.3) is 0 Å². The molecule has 0 saturated carbocycles. The fourth-order valence-corrected chi connectivity index (χ4v) is 3.77. The van der Waals surface area contributed by atoms with Crippen molar-refractivity contribution in [2.75, 3.05) is 6.61 Å². The molecule has 23 heavy (non-hydrogen) atoms. The predicted octanol–water partition coefficient (Wildman–Crippen LogP) is 2.21. The van der Waals surface area contributed by atoms with E-state index in [0.717, 1.165) is 5.56 Å². The zero-order chi connectivity index (χ0) is 16.8. The third-order valence-corrected chi connectivity index (χ3v) is 5.49. The maximum atomic E-state index is 12.2. The molecule has 0 unspecified atom stereocenters. The third kappa shape index (κ3) is 3.44. The third-order valence-electron chi connectivity index (χ3n) is 4.20. The van der Waals surface area contributed by atoms with Crippen molar-refractivity contribution in [3.05, 3.63) is 29.8 Å². The molecule has 2 aliphatic heterocycles. The summed E-state index contributed by atoms with van der Waals surface area (Å²) in [6.07, 6.45) is -1.07. The first-order valence-electron chi connectivity index (χ1n) is 7.65. The molecule has 6 nitrogen and oxygen atoms in total. The Morgan fingerprint density at radius 2 is 1.83 bits per heavy atom. The molecule has 2 aliphatic rings. The fraction of sp³-hybridized carbons (Fsp3) is 0.625. The molecule has 0 radical (unpaired) electrons. The van der Waals surface area contributed by atoms with Crippen molar-refractivity contribution < 1.29 is 26.8 Å². The van der Waals surface area contributed by atoms with Gasteiger partial charge >= 0.3 is 0 Å². The summed E-state index contributed by atoms with van der Waals surface area (Å²) in [5.41, 5.74) is 0.987. The van der Waals surface area contributed by atoms with Crippen LogP contribution >= 0.6 is 0 Å². The van der Waals surface area contributed by atoms with Gasteiger partial charge in [0.25, 0.3) is 10.1 Å². The predicted molar refractivity (Wildman–Crippen MR) is 82.2 cm³/mol. The highest BCUT2D eigenvalue weighted by molar-refractivity contribution is 7.86. The number of hydrogen-bond acceptors (Lipinski definition) is 6. The van der Waals surface area contributed by atoms with Crippen molar-refractivity contribution in [3.8, 4) is 0 Å². The van der Waals surface area contributed by atoms with Gasteiger partial charge in [0.2, 0.25) is 0 Å². The molecule has 0 N–H and O–H groups in total. The molecule has 2 fully saturated rings. The summed E-state index contributed by atoms with van der Waals surface area (Å²) in [5.74, 6) is -0.696. The van der Waals surface area contributed by atoms with E-state index in [1.807, 2.05) is 27.7 Å². The normalized spacial score (nSPS) is 32.9. The maximum Gasteiger partial charge on any atom is 0.297 e. The summed E-state index contributed by atoms with van der Waals surface area (Å²) in [4.78, 5) is 0.141. The monoisotopic (exact) mass is 342 g/mol. The van der Waals surface area contributed by atoms with Gasteiger partial charge in [-0.1, -0.05) is 24.6 Å². The Labute approximate surface area is 136 Å². The van der Waals surface area contributed by atoms with E-state index in [0.29, 0.717) is 0 Å². The van der Waals surface area contributed by atoms with Gasteiger partial charge in [0.15, 0.2) is 12.1 Å². The van der Waals surface area contributed by atoms with Gasteiger partial charge in [-0.05, 0) is 32.9 Å². The molecule has 1 aromatic rings. The van der Waals surface area contributed by atoms with E-state index in [9.17, 15) is 8.42 Å². The molecule has 2 heterocycles. The minimum absolute atomic E-state index is 0.0185. The Bertz CT molecular complexity index is 666. The standard InChI is InChI=1S/C16H22O6S/c1-10-5-7-12(8-6-10)23(17,18)19-9-13-11(2)14-15(20-13)22-16(3,4)21-14/h5-8,11,13-15H,9H2,1-4H3/t11-,13-,14-,15-/m1/s1. The zero-order valence-electron chi connectivity index (χ0n) is 13.7. The van der Waals surface area contributed by atoms with Crippen LogP contribution in [0, 0.1) is 12.8 Å². The van der Waals surface area contributed by atoms with Crippen molar-refractivity contribution >= 4 is 10.1 Å². The van der Waals surface area contributed by atoms with Crippen LogP contribution in [-0.2, 0) is 28.5 Å². The van der Waals surface area contributed by atoms with E-state index >= 15 is 0 Å². The molecular formula is C16H22O6S. The molecule has 2 saturated heterocycles. The summed E-state index contributed by atoms with van der Waals surface area (Å²) in [7, 11) is -3.80. The van der Waals surface area contributed by atoms with Crippen LogP contribution in [0.4, 0.5) is 0 Å². The highest BCUT2D eigenvalue weighted by Crippen LogP contribution is 2.40. The molecule has 0 amide bonds. The quantitative estimate of drug-likeness (QED) is 0.781. The molecule has 0 aromatic heterocycles. The first-order valence-corrected chi connectivity index (χ1v) is 9.06. The summed E-state index contributed by atoms with van der Waals surface area (Å²) < 4.78 is 46.8. The minimum atomic E-state index is -3.80. The first kappa shape index (κ1) is 16.9. The SMILES string of the molecule is Cc1ccc(S(=O)(=O)OC[C@H]2O[C@@H]3OC(C)(C)O[C@@H]3[C@@H]2C)cc1. The lowest BCUT2D eigenvalue weighted by atomic mass is 10.0. The van der Waals surface area contributed by atoms with Crippen LogP contribution in [0.5, 0.6) is 0 Å². The number of ether oxygens (including phenoxy) is 3. The van der Waals surface area contributed by atoms with E-state index in [1.54, 1.807) is 12.1 Å². The van der Waals surface area contributed by atoms with E-state index in [1.165, 1.54) is 12.1 Å². The largest absolute Gasteiger partial charge is 0.344 e. The lowest BCUT2D eigenvalue weighted by Crippen LogP contribution is -2.31. The van der Waals surface area contributed by atoms with E-state index in [-0.39, 0.29) is 29.6 Å². The van der Waals surface area contributed by atoms with E-state index in [4.69, 9.17) is 18.4 Å². The smallest absolute Gasteiger partial charge is 0.297 e. The van der Waals surface area contributed by atoms with Gasteiger partial charge in [-0.15, -0.1) is 0 Å².